The van der Waals surface area contributed by atoms with Crippen LogP contribution < -0.4 is 4.74 Å². The minimum atomic E-state index is -0.194. The van der Waals surface area contributed by atoms with Gasteiger partial charge >= 0.3 is 0 Å². The van der Waals surface area contributed by atoms with E-state index in [1.165, 1.54) is 51.4 Å². The van der Waals surface area contributed by atoms with Crippen LogP contribution >= 0.6 is 0 Å². The molecule has 0 atom stereocenters. The van der Waals surface area contributed by atoms with Gasteiger partial charge in [0.05, 0.1) is 12.3 Å². The Morgan fingerprint density at radius 2 is 1.38 bits per heavy atom. The number of hydrogen-bond donors (Lipinski definition) is 0. The van der Waals surface area contributed by atoms with E-state index >= 15 is 0 Å². The van der Waals surface area contributed by atoms with Crippen molar-refractivity contribution in [3.8, 4) is 28.1 Å². The van der Waals surface area contributed by atoms with Crippen LogP contribution in [0.4, 0.5) is 4.39 Å². The van der Waals surface area contributed by atoms with Crippen LogP contribution in [0.1, 0.15) is 83.6 Å². The Balaban J connectivity index is 1.52. The van der Waals surface area contributed by atoms with Crippen molar-refractivity contribution in [2.45, 2.75) is 84.5 Å². The highest BCUT2D eigenvalue weighted by Crippen LogP contribution is 2.27. The van der Waals surface area contributed by atoms with Gasteiger partial charge in [0.25, 0.3) is 0 Å². The minimum absolute atomic E-state index is 0.194. The molecule has 0 spiro atoms. The fourth-order valence-electron chi connectivity index (χ4n) is 4.22. The SMILES string of the molecule is CCCCCCCCOc1ccc(-c2ccc(-c3ccc(CCCCCC)cc3F)nc2)cc1. The molecule has 0 aliphatic rings. The molecule has 1 heterocycles. The summed E-state index contributed by atoms with van der Waals surface area (Å²) < 4.78 is 20.6. The molecule has 0 fully saturated rings. The Bertz CT molecular complexity index is 966. The van der Waals surface area contributed by atoms with Gasteiger partial charge in [0, 0.05) is 17.3 Å². The largest absolute Gasteiger partial charge is 0.494 e. The van der Waals surface area contributed by atoms with Gasteiger partial charge in [0.1, 0.15) is 11.6 Å². The summed E-state index contributed by atoms with van der Waals surface area (Å²) in [6, 6.07) is 17.6. The van der Waals surface area contributed by atoms with E-state index in [4.69, 9.17) is 4.74 Å². The van der Waals surface area contributed by atoms with Gasteiger partial charge < -0.3 is 4.74 Å². The summed E-state index contributed by atoms with van der Waals surface area (Å²) in [6.45, 7) is 5.21. The smallest absolute Gasteiger partial charge is 0.132 e. The lowest BCUT2D eigenvalue weighted by atomic mass is 10.0. The Kier molecular flexibility index (Phi) is 11.1. The Morgan fingerprint density at radius 1 is 0.706 bits per heavy atom. The molecule has 1 aromatic heterocycles. The molecule has 3 rings (SSSR count). The summed E-state index contributed by atoms with van der Waals surface area (Å²) in [6.07, 6.45) is 15.1. The average molecular weight is 462 g/mol. The number of pyridine rings is 1. The van der Waals surface area contributed by atoms with Crippen molar-refractivity contribution in [3.63, 3.8) is 0 Å². The molecule has 0 saturated carbocycles. The molecule has 0 bridgehead atoms. The first-order chi connectivity index (χ1) is 16.7. The van der Waals surface area contributed by atoms with Crippen LogP contribution in [-0.2, 0) is 6.42 Å². The maximum absolute atomic E-state index is 14.7. The quantitative estimate of drug-likeness (QED) is 0.210. The number of aryl methyl sites for hydroxylation is 1. The fourth-order valence-corrected chi connectivity index (χ4v) is 4.22. The summed E-state index contributed by atoms with van der Waals surface area (Å²) in [5.74, 6) is 0.707. The first-order valence-electron chi connectivity index (χ1n) is 13.2. The Morgan fingerprint density at radius 3 is 2.06 bits per heavy atom. The maximum atomic E-state index is 14.7. The average Bonchev–Trinajstić information content (AvgIpc) is 2.87. The zero-order valence-electron chi connectivity index (χ0n) is 21.0. The number of aromatic nitrogens is 1. The second kappa shape index (κ2) is 14.6. The molecule has 0 radical (unpaired) electrons. The lowest BCUT2D eigenvalue weighted by Gasteiger charge is -2.09. The maximum Gasteiger partial charge on any atom is 0.132 e. The van der Waals surface area contributed by atoms with Crippen molar-refractivity contribution in [1.29, 1.82) is 0 Å². The van der Waals surface area contributed by atoms with Crippen LogP contribution in [0.2, 0.25) is 0 Å². The van der Waals surface area contributed by atoms with Gasteiger partial charge in [-0.2, -0.15) is 0 Å². The van der Waals surface area contributed by atoms with E-state index in [1.807, 2.05) is 42.6 Å². The van der Waals surface area contributed by atoms with Gasteiger partial charge in [0.2, 0.25) is 0 Å². The van der Waals surface area contributed by atoms with Crippen LogP contribution in [0.5, 0.6) is 5.75 Å². The molecule has 182 valence electrons. The number of halogens is 1. The molecule has 0 aliphatic carbocycles. The summed E-state index contributed by atoms with van der Waals surface area (Å²) >= 11 is 0. The monoisotopic (exact) mass is 461 g/mol. The highest BCUT2D eigenvalue weighted by molar-refractivity contribution is 5.67. The third kappa shape index (κ3) is 8.27. The number of hydrogen-bond acceptors (Lipinski definition) is 2. The summed E-state index contributed by atoms with van der Waals surface area (Å²) in [4.78, 5) is 4.54. The van der Waals surface area contributed by atoms with E-state index in [0.717, 1.165) is 48.3 Å². The van der Waals surface area contributed by atoms with Crippen LogP contribution in [0.3, 0.4) is 0 Å². The standard InChI is InChI=1S/C31H40FNO/c1-3-5-7-9-10-12-22-34-28-18-15-26(16-19-28)27-17-21-31(33-24-27)29-20-14-25(23-30(29)32)13-11-8-6-4-2/h14-21,23-24H,3-13,22H2,1-2H3. The molecular formula is C31H40FNO. The minimum Gasteiger partial charge on any atom is -0.494 e. The summed E-state index contributed by atoms with van der Waals surface area (Å²) in [7, 11) is 0. The van der Waals surface area contributed by atoms with E-state index < -0.39 is 0 Å². The predicted octanol–water partition coefficient (Wildman–Crippen LogP) is 9.42. The van der Waals surface area contributed by atoms with Crippen molar-refractivity contribution in [1.82, 2.24) is 4.98 Å². The van der Waals surface area contributed by atoms with Gasteiger partial charge in [-0.15, -0.1) is 0 Å². The Labute approximate surface area is 205 Å². The zero-order valence-corrected chi connectivity index (χ0v) is 21.0. The second-order valence-electron chi connectivity index (χ2n) is 9.20. The Hall–Kier alpha value is -2.68. The summed E-state index contributed by atoms with van der Waals surface area (Å²) in [5.41, 5.74) is 4.38. The first kappa shape index (κ1) is 25.9. The van der Waals surface area contributed by atoms with E-state index in [2.05, 4.69) is 31.0 Å². The molecule has 0 saturated heterocycles. The van der Waals surface area contributed by atoms with Crippen molar-refractivity contribution in [2.75, 3.05) is 6.61 Å². The van der Waals surface area contributed by atoms with Crippen LogP contribution in [-0.4, -0.2) is 11.6 Å². The highest BCUT2D eigenvalue weighted by Gasteiger charge is 2.09. The van der Waals surface area contributed by atoms with Crippen LogP contribution in [0.15, 0.2) is 60.8 Å². The van der Waals surface area contributed by atoms with Crippen molar-refractivity contribution in [3.05, 3.63) is 72.2 Å². The van der Waals surface area contributed by atoms with Gasteiger partial charge in [-0.1, -0.05) is 89.5 Å². The van der Waals surface area contributed by atoms with Gasteiger partial charge in [0.15, 0.2) is 0 Å². The van der Waals surface area contributed by atoms with Gasteiger partial charge in [-0.05, 0) is 60.7 Å². The molecule has 3 heteroatoms. The predicted molar refractivity (Wildman–Crippen MR) is 142 cm³/mol. The molecule has 34 heavy (non-hydrogen) atoms. The zero-order chi connectivity index (χ0) is 24.0. The topological polar surface area (TPSA) is 22.1 Å². The van der Waals surface area contributed by atoms with Gasteiger partial charge in [-0.25, -0.2) is 4.39 Å². The van der Waals surface area contributed by atoms with Crippen molar-refractivity contribution < 1.29 is 9.13 Å². The van der Waals surface area contributed by atoms with Crippen LogP contribution in [0.25, 0.3) is 22.4 Å². The first-order valence-corrected chi connectivity index (χ1v) is 13.2. The molecule has 0 amide bonds. The summed E-state index contributed by atoms with van der Waals surface area (Å²) in [5, 5.41) is 0. The molecule has 0 aliphatic heterocycles. The third-order valence-electron chi connectivity index (χ3n) is 6.35. The fraction of sp³-hybridized carbons (Fsp3) is 0.452. The van der Waals surface area contributed by atoms with E-state index in [-0.39, 0.29) is 5.82 Å². The normalized spacial score (nSPS) is 11.0. The number of benzene rings is 2. The molecule has 2 aromatic carbocycles. The second-order valence-corrected chi connectivity index (χ2v) is 9.20. The molecule has 3 aromatic rings. The number of unbranched alkanes of at least 4 members (excludes halogenated alkanes) is 8. The van der Waals surface area contributed by atoms with Crippen molar-refractivity contribution in [2.24, 2.45) is 0 Å². The van der Waals surface area contributed by atoms with Crippen molar-refractivity contribution >= 4 is 0 Å². The number of nitrogens with zero attached hydrogens (tertiary/aromatic N) is 1. The number of rotatable bonds is 15. The molecular weight excluding hydrogens is 421 g/mol. The van der Waals surface area contributed by atoms with E-state index in [9.17, 15) is 4.39 Å². The van der Waals surface area contributed by atoms with Gasteiger partial charge in [-0.3, -0.25) is 4.98 Å². The third-order valence-corrected chi connectivity index (χ3v) is 6.35. The molecule has 0 N–H and O–H groups in total. The lowest BCUT2D eigenvalue weighted by Crippen LogP contribution is -1.97. The van der Waals surface area contributed by atoms with Crippen LogP contribution in [0, 0.1) is 5.82 Å². The van der Waals surface area contributed by atoms with E-state index in [0.29, 0.717) is 11.3 Å². The molecule has 2 nitrogen and oxygen atoms in total. The lowest BCUT2D eigenvalue weighted by molar-refractivity contribution is 0.304. The highest BCUT2D eigenvalue weighted by atomic mass is 19.1. The molecule has 0 unspecified atom stereocenters. The van der Waals surface area contributed by atoms with E-state index in [1.54, 1.807) is 6.07 Å². The number of ether oxygens (including phenoxy) is 1.